The first-order valence-electron chi connectivity index (χ1n) is 13.3. The minimum absolute atomic E-state index is 0.00235. The van der Waals surface area contributed by atoms with Gasteiger partial charge in [-0.25, -0.2) is 26.3 Å². The average molecular weight is 662 g/mol. The van der Waals surface area contributed by atoms with E-state index in [-0.39, 0.29) is 27.8 Å². The second-order valence-corrected chi connectivity index (χ2v) is 10.2. The van der Waals surface area contributed by atoms with E-state index in [1.807, 2.05) is 0 Å². The summed E-state index contributed by atoms with van der Waals surface area (Å²) in [6, 6.07) is 14.4. The number of hydrogen-bond acceptors (Lipinski definition) is 1. The first-order valence-corrected chi connectivity index (χ1v) is 13.3. The van der Waals surface area contributed by atoms with Crippen molar-refractivity contribution in [3.63, 3.8) is 0 Å². The van der Waals surface area contributed by atoms with Gasteiger partial charge in [0.2, 0.25) is 0 Å². The zero-order chi connectivity index (χ0) is 34.3. The fraction of sp³-hybridized carbons (Fsp3) is 0.0857. The number of alkyl halides is 5. The summed E-state index contributed by atoms with van der Waals surface area (Å²) in [5.41, 5.74) is -4.57. The molecule has 0 aliphatic rings. The van der Waals surface area contributed by atoms with Crippen molar-refractivity contribution in [1.29, 1.82) is 0 Å². The molecule has 5 aromatic carbocycles. The van der Waals surface area contributed by atoms with E-state index in [0.29, 0.717) is 35.9 Å². The summed E-state index contributed by atoms with van der Waals surface area (Å²) in [4.78, 5) is 0. The summed E-state index contributed by atoms with van der Waals surface area (Å²) < 4.78 is 160. The molecule has 1 nitrogen and oxygen atoms in total. The quantitative estimate of drug-likeness (QED) is 0.134. The number of benzene rings is 5. The number of rotatable bonds is 5. The van der Waals surface area contributed by atoms with Crippen LogP contribution in [0.15, 0.2) is 84.9 Å². The summed E-state index contributed by atoms with van der Waals surface area (Å²) >= 11 is 0. The molecule has 0 aliphatic heterocycles. The first-order chi connectivity index (χ1) is 22.0. The van der Waals surface area contributed by atoms with Gasteiger partial charge in [-0.1, -0.05) is 42.2 Å². The number of aryl methyl sites for hydroxylation is 1. The van der Waals surface area contributed by atoms with Crippen LogP contribution in [0.1, 0.15) is 27.8 Å². The predicted molar refractivity (Wildman–Crippen MR) is 150 cm³/mol. The van der Waals surface area contributed by atoms with Crippen molar-refractivity contribution in [2.24, 2.45) is 0 Å². The second kappa shape index (κ2) is 12.5. The molecule has 0 aliphatic carbocycles. The molecule has 0 radical (unpaired) electrons. The molecule has 5 rings (SSSR count). The second-order valence-electron chi connectivity index (χ2n) is 10.2. The maximum atomic E-state index is 15.1. The summed E-state index contributed by atoms with van der Waals surface area (Å²) in [6.07, 6.45) is -9.86. The van der Waals surface area contributed by atoms with Gasteiger partial charge in [-0.15, -0.1) is 0 Å². The molecule has 0 atom stereocenters. The first kappa shape index (κ1) is 33.1. The highest BCUT2D eigenvalue weighted by Crippen LogP contribution is 2.39. The van der Waals surface area contributed by atoms with Gasteiger partial charge in [0.1, 0.15) is 51.8 Å². The summed E-state index contributed by atoms with van der Waals surface area (Å²) in [5.74, 6) is -5.59. The third-order valence-corrected chi connectivity index (χ3v) is 6.88. The van der Waals surface area contributed by atoms with Crippen LogP contribution in [0.25, 0.3) is 22.3 Å². The molecule has 5 aromatic rings. The largest absolute Gasteiger partial charge is 0.432 e. The van der Waals surface area contributed by atoms with Crippen LogP contribution in [0, 0.1) is 53.7 Å². The van der Waals surface area contributed by atoms with Crippen molar-refractivity contribution >= 4 is 0 Å². The van der Waals surface area contributed by atoms with Gasteiger partial charge in [-0.2, -0.15) is 22.0 Å². The van der Waals surface area contributed by atoms with Gasteiger partial charge in [0.15, 0.2) is 0 Å². The third-order valence-electron chi connectivity index (χ3n) is 6.88. The minimum atomic E-state index is -5.29. The zero-order valence-corrected chi connectivity index (χ0v) is 23.6. The highest BCUT2D eigenvalue weighted by molar-refractivity contribution is 5.68. The maximum Gasteiger partial charge on any atom is 0.432 e. The topological polar surface area (TPSA) is 9.23 Å². The van der Waals surface area contributed by atoms with Crippen LogP contribution in [-0.4, -0.2) is 0 Å². The lowest BCUT2D eigenvalue weighted by molar-refractivity contribution is -0.189. The highest BCUT2D eigenvalue weighted by atomic mass is 19.4. The molecular weight excluding hydrogens is 645 g/mol. The van der Waals surface area contributed by atoms with Crippen molar-refractivity contribution in [2.45, 2.75) is 19.2 Å². The van der Waals surface area contributed by atoms with Gasteiger partial charge in [0.25, 0.3) is 0 Å². The lowest BCUT2D eigenvalue weighted by Gasteiger charge is -2.20. The summed E-state index contributed by atoms with van der Waals surface area (Å²) in [5, 5.41) is 0. The fourth-order valence-corrected chi connectivity index (χ4v) is 4.75. The molecule has 0 fully saturated rings. The Morgan fingerprint density at radius 2 is 1.11 bits per heavy atom. The standard InChI is InChI=1S/C35H17F11O/c1-18-11-22(16-26(36)24(18)9-7-19-12-28(38)32(29(39)13-19)34(42,43)44)25-10-8-23(17-27(25)37)47-35(45,46)33-30(40)14-21(15-31(33)41)20-5-3-2-4-6-20/h2-6,8,10-17H,1H3. The van der Waals surface area contributed by atoms with E-state index in [4.69, 9.17) is 0 Å². The summed E-state index contributed by atoms with van der Waals surface area (Å²) in [6.45, 7) is 1.34. The van der Waals surface area contributed by atoms with Gasteiger partial charge in [-0.3, -0.25) is 0 Å². The third kappa shape index (κ3) is 6.94. The van der Waals surface area contributed by atoms with Crippen molar-refractivity contribution in [3.05, 3.63) is 148 Å². The SMILES string of the molecule is Cc1cc(-c2ccc(OC(F)(F)c3c(F)cc(-c4ccccc4)cc3F)cc2F)cc(F)c1C#Cc1cc(F)c(C(F)(F)F)c(F)c1. The Morgan fingerprint density at radius 3 is 1.66 bits per heavy atom. The van der Waals surface area contributed by atoms with Crippen molar-refractivity contribution < 1.29 is 53.0 Å². The van der Waals surface area contributed by atoms with E-state index in [2.05, 4.69) is 16.6 Å². The maximum absolute atomic E-state index is 15.1. The van der Waals surface area contributed by atoms with Crippen LogP contribution in [0.3, 0.4) is 0 Å². The Labute approximate surface area is 259 Å². The van der Waals surface area contributed by atoms with E-state index < -0.39 is 69.6 Å². The van der Waals surface area contributed by atoms with Gasteiger partial charge in [0.05, 0.1) is 5.56 Å². The summed E-state index contributed by atoms with van der Waals surface area (Å²) in [7, 11) is 0. The van der Waals surface area contributed by atoms with Crippen molar-refractivity contribution in [2.75, 3.05) is 0 Å². The van der Waals surface area contributed by atoms with Gasteiger partial charge in [-0.05, 0) is 77.7 Å². The molecular formula is C35H17F11O. The Hall–Kier alpha value is -5.31. The molecule has 0 unspecified atom stereocenters. The molecule has 240 valence electrons. The monoisotopic (exact) mass is 662 g/mol. The fourth-order valence-electron chi connectivity index (χ4n) is 4.75. The Bertz CT molecular complexity index is 1990. The molecule has 0 spiro atoms. The van der Waals surface area contributed by atoms with E-state index in [0.717, 1.165) is 18.2 Å². The molecule has 0 heterocycles. The van der Waals surface area contributed by atoms with E-state index >= 15 is 4.39 Å². The van der Waals surface area contributed by atoms with E-state index in [1.165, 1.54) is 25.1 Å². The van der Waals surface area contributed by atoms with Gasteiger partial charge >= 0.3 is 12.3 Å². The van der Waals surface area contributed by atoms with Crippen LogP contribution in [0.4, 0.5) is 48.3 Å². The number of hydrogen-bond donors (Lipinski definition) is 0. The van der Waals surface area contributed by atoms with Crippen LogP contribution >= 0.6 is 0 Å². The predicted octanol–water partition coefficient (Wildman–Crippen LogP) is 10.7. The van der Waals surface area contributed by atoms with Crippen LogP contribution in [0.2, 0.25) is 0 Å². The normalized spacial score (nSPS) is 11.7. The molecule has 12 heteroatoms. The highest BCUT2D eigenvalue weighted by Gasteiger charge is 2.41. The Balaban J connectivity index is 1.39. The van der Waals surface area contributed by atoms with Gasteiger partial charge < -0.3 is 4.74 Å². The molecule has 0 saturated carbocycles. The molecule has 0 N–H and O–H groups in total. The lowest BCUT2D eigenvalue weighted by Crippen LogP contribution is -2.25. The van der Waals surface area contributed by atoms with Crippen molar-refractivity contribution in [3.8, 4) is 39.8 Å². The molecule has 0 amide bonds. The number of ether oxygens (including phenoxy) is 1. The van der Waals surface area contributed by atoms with E-state index in [9.17, 15) is 43.9 Å². The lowest BCUT2D eigenvalue weighted by atomic mass is 9.98. The molecule has 0 aromatic heterocycles. The average Bonchev–Trinajstić information content (AvgIpc) is 2.95. The van der Waals surface area contributed by atoms with Crippen LogP contribution < -0.4 is 4.74 Å². The molecule has 0 bridgehead atoms. The smallest absolute Gasteiger partial charge is 0.429 e. The van der Waals surface area contributed by atoms with Crippen LogP contribution in [0.5, 0.6) is 5.75 Å². The van der Waals surface area contributed by atoms with E-state index in [1.54, 1.807) is 18.2 Å². The Morgan fingerprint density at radius 1 is 0.532 bits per heavy atom. The molecule has 47 heavy (non-hydrogen) atoms. The van der Waals surface area contributed by atoms with Gasteiger partial charge in [0, 0.05) is 17.2 Å². The minimum Gasteiger partial charge on any atom is -0.429 e. The molecule has 0 saturated heterocycles. The zero-order valence-electron chi connectivity index (χ0n) is 23.6. The Kier molecular flexibility index (Phi) is 8.77. The van der Waals surface area contributed by atoms with Crippen LogP contribution in [-0.2, 0) is 12.3 Å². The van der Waals surface area contributed by atoms with Crippen molar-refractivity contribution in [1.82, 2.24) is 0 Å². The number of halogens is 11.